The maximum atomic E-state index is 2.52. The Balaban J connectivity index is 0.986. The molecule has 2 nitrogen and oxygen atoms in total. The van der Waals surface area contributed by atoms with Gasteiger partial charge in [0.05, 0.1) is 16.4 Å². The minimum absolute atomic E-state index is 0.561. The van der Waals surface area contributed by atoms with E-state index in [1.807, 2.05) is 11.3 Å². The second-order valence-corrected chi connectivity index (χ2v) is 22.2. The number of fused-ring (bicyclic) bond motifs is 11. The van der Waals surface area contributed by atoms with Crippen LogP contribution in [-0.2, 0) is 5.41 Å². The highest BCUT2D eigenvalue weighted by Crippen LogP contribution is 2.58. The summed E-state index contributed by atoms with van der Waals surface area (Å²) < 4.78 is 5.09. The molecule has 1 aliphatic rings. The van der Waals surface area contributed by atoms with Gasteiger partial charge >= 0.3 is 0 Å². The highest BCUT2D eigenvalue weighted by molar-refractivity contribution is 7.26. The first-order valence-corrected chi connectivity index (χ1v) is 28.4. The summed E-state index contributed by atoms with van der Waals surface area (Å²) in [7, 11) is 0. The fourth-order valence-electron chi connectivity index (χ4n) is 13.3. The molecule has 0 saturated carbocycles. The number of hydrogen-bond acceptors (Lipinski definition) is 2. The van der Waals surface area contributed by atoms with Crippen molar-refractivity contribution in [3.8, 4) is 50.2 Å². The molecule has 0 fully saturated rings. The Morgan fingerprint density at radius 2 is 0.863 bits per heavy atom. The van der Waals surface area contributed by atoms with Gasteiger partial charge in [-0.15, -0.1) is 11.3 Å². The number of thiophene rings is 1. The third-order valence-corrected chi connectivity index (χ3v) is 18.0. The van der Waals surface area contributed by atoms with Crippen molar-refractivity contribution in [2.45, 2.75) is 5.41 Å². The molecular weight excluding hydrogens is 985 g/mol. The van der Waals surface area contributed by atoms with Crippen molar-refractivity contribution in [2.75, 3.05) is 4.90 Å². The molecule has 0 unspecified atom stereocenters. The van der Waals surface area contributed by atoms with Gasteiger partial charge in [0.1, 0.15) is 0 Å². The number of benzene rings is 13. The minimum atomic E-state index is -0.561. The Bertz CT molecular complexity index is 4810. The average Bonchev–Trinajstić information content (AvgIpc) is 3.80. The Kier molecular flexibility index (Phi) is 10.7. The van der Waals surface area contributed by atoms with Crippen LogP contribution in [0.15, 0.2) is 303 Å². The third-order valence-electron chi connectivity index (χ3n) is 16.8. The molecule has 0 aliphatic heterocycles. The van der Waals surface area contributed by atoms with Crippen molar-refractivity contribution >= 4 is 81.1 Å². The van der Waals surface area contributed by atoms with E-state index in [2.05, 4.69) is 313 Å². The second kappa shape index (κ2) is 18.6. The van der Waals surface area contributed by atoms with Crippen LogP contribution >= 0.6 is 11.3 Å². The van der Waals surface area contributed by atoms with Gasteiger partial charge in [-0.05, 0) is 145 Å². The Morgan fingerprint density at radius 3 is 1.59 bits per heavy atom. The van der Waals surface area contributed by atoms with Crippen molar-refractivity contribution in [3.63, 3.8) is 0 Å². The summed E-state index contributed by atoms with van der Waals surface area (Å²) in [6.07, 6.45) is 0. The van der Waals surface area contributed by atoms with Gasteiger partial charge in [-0.1, -0.05) is 231 Å². The maximum absolute atomic E-state index is 2.52. The molecule has 80 heavy (non-hydrogen) atoms. The summed E-state index contributed by atoms with van der Waals surface area (Å²) in [5.74, 6) is 0. The normalized spacial score (nSPS) is 12.6. The van der Waals surface area contributed by atoms with E-state index in [9.17, 15) is 0 Å². The van der Waals surface area contributed by atoms with Crippen LogP contribution in [0.5, 0.6) is 0 Å². The Morgan fingerprint density at radius 1 is 0.312 bits per heavy atom. The lowest BCUT2D eigenvalue weighted by molar-refractivity contribution is 0.768. The Labute approximate surface area is 469 Å². The highest BCUT2D eigenvalue weighted by Gasteiger charge is 2.46. The van der Waals surface area contributed by atoms with Gasteiger partial charge < -0.3 is 9.47 Å². The summed E-state index contributed by atoms with van der Waals surface area (Å²) in [4.78, 5) is 2.48. The molecule has 0 amide bonds. The molecule has 374 valence electrons. The van der Waals surface area contributed by atoms with Crippen molar-refractivity contribution in [1.82, 2.24) is 4.57 Å². The fourth-order valence-corrected chi connectivity index (χ4v) is 14.5. The van der Waals surface area contributed by atoms with Gasteiger partial charge in [0.25, 0.3) is 0 Å². The molecule has 13 aromatic carbocycles. The minimum Gasteiger partial charge on any atom is -0.310 e. The second-order valence-electron chi connectivity index (χ2n) is 21.1. The average molecular weight is 1040 g/mol. The smallest absolute Gasteiger partial charge is 0.0714 e. The van der Waals surface area contributed by atoms with Crippen molar-refractivity contribution < 1.29 is 0 Å². The first-order valence-electron chi connectivity index (χ1n) is 27.6. The number of anilines is 3. The lowest BCUT2D eigenvalue weighted by Gasteiger charge is -2.35. The van der Waals surface area contributed by atoms with Crippen molar-refractivity contribution in [1.29, 1.82) is 0 Å². The number of aromatic nitrogens is 1. The molecule has 0 saturated heterocycles. The SMILES string of the molecule is c1ccc(-c2ccc(N(c3ccc4c(c3)C(c3ccccc3)(c3ccccc3)c3ccccc3-4)c3ccc4c5c6c(sc7ccc(-c8ccccc8)cc76)c(-c6ccc7ccccc7c6)cc5n(-c5ccccc5)c4c3)cc2)cc1. The van der Waals surface area contributed by atoms with E-state index in [-0.39, 0.29) is 0 Å². The van der Waals surface area contributed by atoms with Gasteiger partial charge in [-0.2, -0.15) is 0 Å². The van der Waals surface area contributed by atoms with E-state index in [1.165, 1.54) is 114 Å². The van der Waals surface area contributed by atoms with Gasteiger partial charge in [-0.3, -0.25) is 0 Å². The summed E-state index contributed by atoms with van der Waals surface area (Å²) in [6.45, 7) is 0. The molecule has 3 heteroatoms. The van der Waals surface area contributed by atoms with E-state index < -0.39 is 5.41 Å². The van der Waals surface area contributed by atoms with E-state index in [4.69, 9.17) is 0 Å². The summed E-state index contributed by atoms with van der Waals surface area (Å²) >= 11 is 1.91. The molecule has 0 bridgehead atoms. The molecule has 2 aromatic heterocycles. The number of rotatable bonds is 9. The summed E-state index contributed by atoms with van der Waals surface area (Å²) in [5, 5.41) is 7.51. The lowest BCUT2D eigenvalue weighted by Crippen LogP contribution is -2.28. The fraction of sp³-hybridized carbons (Fsp3) is 0.0130. The maximum Gasteiger partial charge on any atom is 0.0714 e. The Hall–Kier alpha value is -10.1. The first kappa shape index (κ1) is 46.1. The zero-order chi connectivity index (χ0) is 52.7. The van der Waals surface area contributed by atoms with E-state index in [0.29, 0.717) is 0 Å². The molecule has 1 aliphatic carbocycles. The largest absolute Gasteiger partial charge is 0.310 e. The lowest BCUT2D eigenvalue weighted by atomic mass is 9.67. The van der Waals surface area contributed by atoms with Gasteiger partial charge in [0.2, 0.25) is 0 Å². The molecule has 0 N–H and O–H groups in total. The van der Waals surface area contributed by atoms with Crippen LogP contribution < -0.4 is 4.90 Å². The van der Waals surface area contributed by atoms with E-state index in [1.54, 1.807) is 0 Å². The molecule has 16 rings (SSSR count). The van der Waals surface area contributed by atoms with Crippen LogP contribution in [0, 0.1) is 0 Å². The molecule has 0 radical (unpaired) electrons. The van der Waals surface area contributed by atoms with Gasteiger partial charge in [-0.25, -0.2) is 0 Å². The van der Waals surface area contributed by atoms with Crippen LogP contribution in [0.4, 0.5) is 17.1 Å². The number of nitrogens with zero attached hydrogens (tertiary/aromatic N) is 2. The molecule has 15 aromatic rings. The quantitative estimate of drug-likeness (QED) is 0.140. The van der Waals surface area contributed by atoms with Crippen LogP contribution in [0.25, 0.3) is 103 Å². The van der Waals surface area contributed by atoms with E-state index >= 15 is 0 Å². The number of para-hydroxylation sites is 1. The van der Waals surface area contributed by atoms with Gasteiger partial charge in [0.15, 0.2) is 0 Å². The predicted molar refractivity (Wildman–Crippen MR) is 339 cm³/mol. The standard InChI is InChI=1S/C77H50N2S/c1-6-20-51(21-7-1)54-36-39-61(40-37-54)78(62-41-43-65-64-32-18-19-33-69(64)77(70(65)48-62,58-26-10-3-11-27-58)59-28-12-4-13-29-59)63-42-44-66-71(49-63)79(60-30-14-5-15-31-60)72-50-67(57-35-34-53-24-16-17-25-55(53)46-57)76-75(74(66)72)68-47-56(38-45-73(68)80-76)52-22-8-2-9-23-52/h1-50H. The van der Waals surface area contributed by atoms with Crippen LogP contribution in [0.1, 0.15) is 22.3 Å². The van der Waals surface area contributed by atoms with E-state index in [0.717, 1.165) is 28.3 Å². The summed E-state index contributed by atoms with van der Waals surface area (Å²) in [5.41, 5.74) is 20.9. The van der Waals surface area contributed by atoms with Gasteiger partial charge in [0, 0.05) is 59.3 Å². The van der Waals surface area contributed by atoms with Crippen LogP contribution in [0.3, 0.4) is 0 Å². The third kappa shape index (κ3) is 7.18. The van der Waals surface area contributed by atoms with Crippen molar-refractivity contribution in [2.24, 2.45) is 0 Å². The van der Waals surface area contributed by atoms with Crippen molar-refractivity contribution in [3.05, 3.63) is 326 Å². The topological polar surface area (TPSA) is 8.17 Å². The zero-order valence-corrected chi connectivity index (χ0v) is 44.5. The summed E-state index contributed by atoms with van der Waals surface area (Å²) in [6, 6.07) is 113. The molecule has 0 spiro atoms. The molecule has 0 atom stereocenters. The van der Waals surface area contributed by atoms with Crippen LogP contribution in [0.2, 0.25) is 0 Å². The molecule has 2 heterocycles. The highest BCUT2D eigenvalue weighted by atomic mass is 32.1. The monoisotopic (exact) mass is 1030 g/mol. The first-order chi connectivity index (χ1) is 39.7. The predicted octanol–water partition coefficient (Wildman–Crippen LogP) is 21.1. The number of hydrogen-bond donors (Lipinski definition) is 0. The molecular formula is C77H50N2S. The zero-order valence-electron chi connectivity index (χ0n) is 43.7. The van der Waals surface area contributed by atoms with Crippen LogP contribution in [-0.4, -0.2) is 4.57 Å².